The van der Waals surface area contributed by atoms with Crippen molar-refractivity contribution in [2.75, 3.05) is 37.4 Å². The van der Waals surface area contributed by atoms with Crippen LogP contribution in [0.1, 0.15) is 11.1 Å². The molecule has 3 N–H and O–H groups in total. The maximum atomic E-state index is 12.1. The molecule has 0 unspecified atom stereocenters. The van der Waals surface area contributed by atoms with Crippen LogP contribution in [-0.4, -0.2) is 37.1 Å². The number of rotatable bonds is 5. The highest BCUT2D eigenvalue weighted by Gasteiger charge is 2.10. The van der Waals surface area contributed by atoms with Gasteiger partial charge in [0.1, 0.15) is 0 Å². The summed E-state index contributed by atoms with van der Waals surface area (Å²) in [5.41, 5.74) is 9.38. The molecule has 2 aromatic rings. The van der Waals surface area contributed by atoms with Crippen molar-refractivity contribution in [1.29, 1.82) is 0 Å². The lowest BCUT2D eigenvalue weighted by Crippen LogP contribution is -2.35. The van der Waals surface area contributed by atoms with Crippen LogP contribution in [0.4, 0.5) is 11.4 Å². The van der Waals surface area contributed by atoms with Crippen molar-refractivity contribution < 1.29 is 9.53 Å². The number of benzene rings is 2. The SMILES string of the molecule is Cl.Nc1cccc(CC(=O)Nc2ccc(CN3CCOCC3)cc2)c1. The molecule has 0 aliphatic carbocycles. The summed E-state index contributed by atoms with van der Waals surface area (Å²) in [4.78, 5) is 14.5. The van der Waals surface area contributed by atoms with Crippen LogP contribution in [0.25, 0.3) is 0 Å². The van der Waals surface area contributed by atoms with Gasteiger partial charge in [-0.1, -0.05) is 24.3 Å². The third kappa shape index (κ3) is 6.05. The normalized spacial score (nSPS) is 14.6. The number of hydrogen-bond acceptors (Lipinski definition) is 4. The number of nitrogens with two attached hydrogens (primary N) is 1. The van der Waals surface area contributed by atoms with E-state index >= 15 is 0 Å². The molecule has 1 heterocycles. The number of ether oxygens (including phenoxy) is 1. The van der Waals surface area contributed by atoms with Gasteiger partial charge in [-0.2, -0.15) is 0 Å². The van der Waals surface area contributed by atoms with E-state index in [4.69, 9.17) is 10.5 Å². The van der Waals surface area contributed by atoms with Crippen LogP contribution in [0.15, 0.2) is 48.5 Å². The summed E-state index contributed by atoms with van der Waals surface area (Å²) in [5, 5.41) is 2.93. The molecule has 2 aromatic carbocycles. The smallest absolute Gasteiger partial charge is 0.228 e. The molecule has 0 radical (unpaired) electrons. The van der Waals surface area contributed by atoms with Gasteiger partial charge in [-0.05, 0) is 35.4 Å². The van der Waals surface area contributed by atoms with Crippen molar-refractivity contribution >= 4 is 29.7 Å². The first-order chi connectivity index (χ1) is 11.7. The molecular formula is C19H24ClN3O2. The average molecular weight is 362 g/mol. The van der Waals surface area contributed by atoms with Gasteiger partial charge in [0.2, 0.25) is 5.91 Å². The monoisotopic (exact) mass is 361 g/mol. The maximum Gasteiger partial charge on any atom is 0.228 e. The molecule has 1 saturated heterocycles. The molecule has 134 valence electrons. The fourth-order valence-corrected chi connectivity index (χ4v) is 2.80. The fourth-order valence-electron chi connectivity index (χ4n) is 2.80. The standard InChI is InChI=1S/C19H23N3O2.ClH/c20-17-3-1-2-16(12-17)13-19(23)21-18-6-4-15(5-7-18)14-22-8-10-24-11-9-22;/h1-7,12H,8-11,13-14,20H2,(H,21,23);1H. The van der Waals surface area contributed by atoms with E-state index in [1.807, 2.05) is 36.4 Å². The first-order valence-electron chi connectivity index (χ1n) is 8.22. The molecule has 1 aliphatic rings. The minimum Gasteiger partial charge on any atom is -0.399 e. The van der Waals surface area contributed by atoms with E-state index in [0.717, 1.165) is 44.1 Å². The molecular weight excluding hydrogens is 338 g/mol. The first-order valence-corrected chi connectivity index (χ1v) is 8.22. The molecule has 1 amide bonds. The molecule has 0 atom stereocenters. The van der Waals surface area contributed by atoms with Crippen LogP contribution in [0, 0.1) is 0 Å². The number of hydrogen-bond donors (Lipinski definition) is 2. The second-order valence-corrected chi connectivity index (χ2v) is 6.06. The third-order valence-corrected chi connectivity index (χ3v) is 4.06. The highest BCUT2D eigenvalue weighted by atomic mass is 35.5. The van der Waals surface area contributed by atoms with Gasteiger partial charge in [-0.25, -0.2) is 0 Å². The van der Waals surface area contributed by atoms with Crippen LogP contribution in [0.5, 0.6) is 0 Å². The summed E-state index contributed by atoms with van der Waals surface area (Å²) < 4.78 is 5.36. The van der Waals surface area contributed by atoms with Crippen molar-refractivity contribution in [3.63, 3.8) is 0 Å². The van der Waals surface area contributed by atoms with E-state index < -0.39 is 0 Å². The molecule has 0 aromatic heterocycles. The average Bonchev–Trinajstić information content (AvgIpc) is 2.57. The fraction of sp³-hybridized carbons (Fsp3) is 0.316. The minimum atomic E-state index is -0.0403. The van der Waals surface area contributed by atoms with Gasteiger partial charge in [0, 0.05) is 31.0 Å². The van der Waals surface area contributed by atoms with Crippen molar-refractivity contribution in [1.82, 2.24) is 4.90 Å². The maximum absolute atomic E-state index is 12.1. The van der Waals surface area contributed by atoms with E-state index in [1.54, 1.807) is 0 Å². The number of carbonyl (C=O) groups excluding carboxylic acids is 1. The highest BCUT2D eigenvalue weighted by molar-refractivity contribution is 5.92. The van der Waals surface area contributed by atoms with Crippen molar-refractivity contribution in [2.24, 2.45) is 0 Å². The summed E-state index contributed by atoms with van der Waals surface area (Å²) >= 11 is 0. The second-order valence-electron chi connectivity index (χ2n) is 6.06. The van der Waals surface area contributed by atoms with E-state index in [2.05, 4.69) is 22.3 Å². The van der Waals surface area contributed by atoms with Crippen LogP contribution in [-0.2, 0) is 22.5 Å². The molecule has 0 saturated carbocycles. The predicted molar refractivity (Wildman–Crippen MR) is 103 cm³/mol. The lowest BCUT2D eigenvalue weighted by molar-refractivity contribution is -0.115. The Morgan fingerprint density at radius 3 is 2.48 bits per heavy atom. The second kappa shape index (κ2) is 9.42. The lowest BCUT2D eigenvalue weighted by atomic mass is 10.1. The number of carbonyl (C=O) groups is 1. The molecule has 0 spiro atoms. The topological polar surface area (TPSA) is 67.6 Å². The Balaban J connectivity index is 0.00000225. The minimum absolute atomic E-state index is 0. The number of halogens is 1. The van der Waals surface area contributed by atoms with E-state index in [1.165, 1.54) is 5.56 Å². The summed E-state index contributed by atoms with van der Waals surface area (Å²) in [6.45, 7) is 4.47. The largest absolute Gasteiger partial charge is 0.399 e. The van der Waals surface area contributed by atoms with Gasteiger partial charge in [-0.3, -0.25) is 9.69 Å². The Hall–Kier alpha value is -2.08. The van der Waals surface area contributed by atoms with Gasteiger partial charge >= 0.3 is 0 Å². The summed E-state index contributed by atoms with van der Waals surface area (Å²) in [5.74, 6) is -0.0403. The molecule has 25 heavy (non-hydrogen) atoms. The van der Waals surface area contributed by atoms with Gasteiger partial charge in [0.05, 0.1) is 19.6 Å². The molecule has 6 heteroatoms. The van der Waals surface area contributed by atoms with Gasteiger partial charge in [0.25, 0.3) is 0 Å². The Morgan fingerprint density at radius 2 is 1.80 bits per heavy atom. The Morgan fingerprint density at radius 1 is 1.08 bits per heavy atom. The predicted octanol–water partition coefficient (Wildman–Crippen LogP) is 2.70. The van der Waals surface area contributed by atoms with Crippen LogP contribution in [0.3, 0.4) is 0 Å². The van der Waals surface area contributed by atoms with Crippen molar-refractivity contribution in [3.8, 4) is 0 Å². The summed E-state index contributed by atoms with van der Waals surface area (Å²) in [6, 6.07) is 15.4. The quantitative estimate of drug-likeness (QED) is 0.803. The Kier molecular flexibility index (Phi) is 7.25. The van der Waals surface area contributed by atoms with E-state index in [9.17, 15) is 4.79 Å². The zero-order chi connectivity index (χ0) is 16.8. The highest BCUT2D eigenvalue weighted by Crippen LogP contribution is 2.14. The number of anilines is 2. The zero-order valence-electron chi connectivity index (χ0n) is 14.1. The van der Waals surface area contributed by atoms with E-state index in [0.29, 0.717) is 12.1 Å². The molecule has 1 aliphatic heterocycles. The Labute approximate surface area is 154 Å². The number of morpholine rings is 1. The zero-order valence-corrected chi connectivity index (χ0v) is 14.9. The molecule has 1 fully saturated rings. The third-order valence-electron chi connectivity index (χ3n) is 4.06. The number of nitrogen functional groups attached to an aromatic ring is 1. The van der Waals surface area contributed by atoms with Gasteiger partial charge in [0.15, 0.2) is 0 Å². The van der Waals surface area contributed by atoms with E-state index in [-0.39, 0.29) is 18.3 Å². The Bertz CT molecular complexity index is 685. The number of nitrogens with one attached hydrogen (secondary N) is 1. The molecule has 5 nitrogen and oxygen atoms in total. The van der Waals surface area contributed by atoms with Crippen molar-refractivity contribution in [2.45, 2.75) is 13.0 Å². The van der Waals surface area contributed by atoms with Gasteiger partial charge in [-0.15, -0.1) is 12.4 Å². The molecule has 3 rings (SSSR count). The first kappa shape index (κ1) is 19.2. The van der Waals surface area contributed by atoms with Crippen LogP contribution >= 0.6 is 12.4 Å². The number of nitrogens with zero attached hydrogens (tertiary/aromatic N) is 1. The summed E-state index contributed by atoms with van der Waals surface area (Å²) in [6.07, 6.45) is 0.320. The van der Waals surface area contributed by atoms with Gasteiger partial charge < -0.3 is 15.8 Å². The van der Waals surface area contributed by atoms with Crippen LogP contribution < -0.4 is 11.1 Å². The lowest BCUT2D eigenvalue weighted by Gasteiger charge is -2.26. The summed E-state index contributed by atoms with van der Waals surface area (Å²) in [7, 11) is 0. The van der Waals surface area contributed by atoms with Crippen LogP contribution in [0.2, 0.25) is 0 Å². The molecule has 0 bridgehead atoms. The number of amides is 1. The van der Waals surface area contributed by atoms with Crippen molar-refractivity contribution in [3.05, 3.63) is 59.7 Å².